The van der Waals surface area contributed by atoms with Crippen molar-refractivity contribution in [2.75, 3.05) is 7.05 Å². The number of nitrogens with two attached hydrogens (primary N) is 1. The Morgan fingerprint density at radius 2 is 1.83 bits per heavy atom. The lowest BCUT2D eigenvalue weighted by Gasteiger charge is -2.46. The van der Waals surface area contributed by atoms with Gasteiger partial charge in [0.25, 0.3) is 0 Å². The van der Waals surface area contributed by atoms with Crippen LogP contribution in [0.4, 0.5) is 13.2 Å². The summed E-state index contributed by atoms with van der Waals surface area (Å²) in [5.41, 5.74) is 5.01. The molecule has 2 aromatic rings. The van der Waals surface area contributed by atoms with Gasteiger partial charge >= 0.3 is 6.61 Å². The van der Waals surface area contributed by atoms with Gasteiger partial charge < -0.3 is 10.5 Å². The molecule has 0 aromatic heterocycles. The van der Waals surface area contributed by atoms with Gasteiger partial charge in [-0.25, -0.2) is 9.38 Å². The fourth-order valence-electron chi connectivity index (χ4n) is 3.71. The molecule has 0 bridgehead atoms. The summed E-state index contributed by atoms with van der Waals surface area (Å²) >= 11 is 0. The number of benzene rings is 2. The van der Waals surface area contributed by atoms with E-state index in [2.05, 4.69) is 9.73 Å². The Bertz CT molecular complexity index is 1010. The Balaban J connectivity index is 2.06. The second-order valence-electron chi connectivity index (χ2n) is 8.01. The Labute approximate surface area is 173 Å². The second kappa shape index (κ2) is 7.66. The second-order valence-corrected chi connectivity index (χ2v) is 8.01. The van der Waals surface area contributed by atoms with Gasteiger partial charge in [-0.15, -0.1) is 0 Å². The van der Waals surface area contributed by atoms with Crippen LogP contribution in [0.15, 0.2) is 47.5 Å². The number of amides is 1. The highest BCUT2D eigenvalue weighted by atomic mass is 19.3. The molecule has 0 fully saturated rings. The van der Waals surface area contributed by atoms with Gasteiger partial charge in [-0.2, -0.15) is 8.78 Å². The van der Waals surface area contributed by atoms with Gasteiger partial charge in [0.2, 0.25) is 5.91 Å². The zero-order valence-electron chi connectivity index (χ0n) is 17.2. The van der Waals surface area contributed by atoms with Crippen molar-refractivity contribution in [2.24, 2.45) is 16.1 Å². The van der Waals surface area contributed by atoms with E-state index in [1.165, 1.54) is 24.1 Å². The van der Waals surface area contributed by atoms with Crippen molar-refractivity contribution in [3.63, 3.8) is 0 Å². The molecule has 1 heterocycles. The number of ether oxygens (including phenoxy) is 1. The highest BCUT2D eigenvalue weighted by Gasteiger charge is 2.53. The predicted molar refractivity (Wildman–Crippen MR) is 108 cm³/mol. The van der Waals surface area contributed by atoms with Gasteiger partial charge in [0, 0.05) is 19.0 Å². The topological polar surface area (TPSA) is 67.9 Å². The molecule has 3 rings (SSSR count). The van der Waals surface area contributed by atoms with E-state index < -0.39 is 23.4 Å². The first-order valence-electron chi connectivity index (χ1n) is 9.42. The van der Waals surface area contributed by atoms with Gasteiger partial charge in [0.1, 0.15) is 17.1 Å². The van der Waals surface area contributed by atoms with Crippen molar-refractivity contribution < 1.29 is 22.7 Å². The maximum absolute atomic E-state index is 14.9. The summed E-state index contributed by atoms with van der Waals surface area (Å²) in [4.78, 5) is 18.6. The summed E-state index contributed by atoms with van der Waals surface area (Å²) in [6, 6.07) is 10.9. The molecular formula is C22H24F3N3O2. The van der Waals surface area contributed by atoms with Gasteiger partial charge in [0.05, 0.1) is 5.41 Å². The van der Waals surface area contributed by atoms with E-state index in [1.807, 2.05) is 0 Å². The Kier molecular flexibility index (Phi) is 5.54. The van der Waals surface area contributed by atoms with E-state index in [0.29, 0.717) is 11.1 Å². The fourth-order valence-corrected chi connectivity index (χ4v) is 3.71. The minimum atomic E-state index is -2.95. The van der Waals surface area contributed by atoms with Gasteiger partial charge in [0.15, 0.2) is 5.96 Å². The number of alkyl halides is 2. The summed E-state index contributed by atoms with van der Waals surface area (Å²) in [5.74, 6) is -0.748. The van der Waals surface area contributed by atoms with Crippen molar-refractivity contribution in [3.05, 3.63) is 65.0 Å². The summed E-state index contributed by atoms with van der Waals surface area (Å²) in [5, 5.41) is 0. The van der Waals surface area contributed by atoms with Crippen LogP contribution in [-0.4, -0.2) is 30.4 Å². The highest BCUT2D eigenvalue weighted by molar-refractivity contribution is 6.01. The third-order valence-electron chi connectivity index (χ3n) is 5.88. The van der Waals surface area contributed by atoms with Crippen LogP contribution < -0.4 is 10.5 Å². The molecule has 1 amide bonds. The van der Waals surface area contributed by atoms with E-state index in [0.717, 1.165) is 0 Å². The Hall–Kier alpha value is -3.03. The first kappa shape index (κ1) is 21.7. The predicted octanol–water partition coefficient (Wildman–Crippen LogP) is 4.05. The summed E-state index contributed by atoms with van der Waals surface area (Å²) in [6.45, 7) is 2.11. The molecule has 0 saturated carbocycles. The minimum Gasteiger partial charge on any atom is -0.435 e. The molecule has 5 nitrogen and oxygen atoms in total. The van der Waals surface area contributed by atoms with Crippen molar-refractivity contribution >= 4 is 11.9 Å². The Morgan fingerprint density at radius 1 is 1.17 bits per heavy atom. The molecule has 30 heavy (non-hydrogen) atoms. The highest BCUT2D eigenvalue weighted by Crippen LogP contribution is 2.47. The van der Waals surface area contributed by atoms with Crippen LogP contribution >= 0.6 is 0 Å². The first-order valence-corrected chi connectivity index (χ1v) is 9.42. The molecular weight excluding hydrogens is 395 g/mol. The molecule has 0 unspecified atom stereocenters. The van der Waals surface area contributed by atoms with Crippen LogP contribution in [0.3, 0.4) is 0 Å². The molecule has 160 valence electrons. The standard InChI is InChI=1S/C22H24F3N3O2/c1-21(2)18(29)28(4)20(26)27-22(21,3)15-12-13(9-10-16(15)23)11-14-7-5-6-8-17(14)30-19(24)25/h5-10,12,19H,11H2,1-4H3,(H2,26,27)/t22-/m1/s1. The summed E-state index contributed by atoms with van der Waals surface area (Å²) in [7, 11) is 1.52. The summed E-state index contributed by atoms with van der Waals surface area (Å²) < 4.78 is 44.9. The zero-order chi connectivity index (χ0) is 22.3. The molecule has 0 aliphatic carbocycles. The maximum Gasteiger partial charge on any atom is 0.387 e. The number of carbonyl (C=O) groups is 1. The summed E-state index contributed by atoms with van der Waals surface area (Å²) in [6.07, 6.45) is 0.236. The lowest BCUT2D eigenvalue weighted by molar-refractivity contribution is -0.140. The van der Waals surface area contributed by atoms with Crippen LogP contribution in [0.5, 0.6) is 5.75 Å². The van der Waals surface area contributed by atoms with Crippen molar-refractivity contribution in [1.82, 2.24) is 4.90 Å². The lowest BCUT2D eigenvalue weighted by atomic mass is 9.67. The monoisotopic (exact) mass is 419 g/mol. The van der Waals surface area contributed by atoms with Crippen LogP contribution in [0.2, 0.25) is 0 Å². The molecule has 8 heteroatoms. The number of rotatable bonds is 5. The average Bonchev–Trinajstić information content (AvgIpc) is 2.68. The van der Waals surface area contributed by atoms with Crippen LogP contribution in [0.25, 0.3) is 0 Å². The number of para-hydroxylation sites is 1. The smallest absolute Gasteiger partial charge is 0.387 e. The molecule has 2 aromatic carbocycles. The van der Waals surface area contributed by atoms with Crippen molar-refractivity contribution in [3.8, 4) is 5.75 Å². The number of hydrogen-bond acceptors (Lipinski definition) is 4. The van der Waals surface area contributed by atoms with Crippen molar-refractivity contribution in [1.29, 1.82) is 0 Å². The molecule has 1 atom stereocenters. The molecule has 0 radical (unpaired) electrons. The lowest BCUT2D eigenvalue weighted by Crippen LogP contribution is -2.58. The van der Waals surface area contributed by atoms with Gasteiger partial charge in [-0.3, -0.25) is 9.69 Å². The van der Waals surface area contributed by atoms with E-state index in [9.17, 15) is 18.0 Å². The average molecular weight is 419 g/mol. The number of guanidine groups is 1. The van der Waals surface area contributed by atoms with E-state index >= 15 is 0 Å². The van der Waals surface area contributed by atoms with Gasteiger partial charge in [-0.1, -0.05) is 30.3 Å². The molecule has 0 saturated heterocycles. The largest absolute Gasteiger partial charge is 0.435 e. The maximum atomic E-state index is 14.9. The van der Waals surface area contributed by atoms with E-state index in [1.54, 1.807) is 51.1 Å². The third-order valence-corrected chi connectivity index (χ3v) is 5.88. The fraction of sp³-hybridized carbons (Fsp3) is 0.364. The molecule has 0 spiro atoms. The number of carbonyl (C=O) groups excluding carboxylic acids is 1. The normalized spacial score (nSPS) is 21.0. The number of aliphatic imine (C=N–C) groups is 1. The van der Waals surface area contributed by atoms with Crippen LogP contribution in [0, 0.1) is 11.2 Å². The zero-order valence-corrected chi connectivity index (χ0v) is 17.2. The molecule has 1 aliphatic heterocycles. The number of nitrogens with zero attached hydrogens (tertiary/aromatic N) is 2. The van der Waals surface area contributed by atoms with Crippen LogP contribution in [-0.2, 0) is 16.8 Å². The van der Waals surface area contributed by atoms with Crippen molar-refractivity contribution in [2.45, 2.75) is 39.3 Å². The van der Waals surface area contributed by atoms with E-state index in [4.69, 9.17) is 5.73 Å². The van der Waals surface area contributed by atoms with Gasteiger partial charge in [-0.05, 0) is 44.0 Å². The Morgan fingerprint density at radius 3 is 2.50 bits per heavy atom. The quantitative estimate of drug-likeness (QED) is 0.795. The first-order chi connectivity index (χ1) is 14.0. The van der Waals surface area contributed by atoms with E-state index in [-0.39, 0.29) is 29.6 Å². The SMILES string of the molecule is CN1C(=O)C(C)(C)[C@@](C)(c2cc(Cc3ccccc3OC(F)F)ccc2F)N=C1N. The number of hydrogen-bond donors (Lipinski definition) is 1. The minimum absolute atomic E-state index is 0.00214. The third kappa shape index (κ3) is 3.62. The van der Waals surface area contributed by atoms with Crippen LogP contribution in [0.1, 0.15) is 37.5 Å². The number of halogens is 3. The molecule has 1 aliphatic rings. The molecule has 2 N–H and O–H groups in total.